The van der Waals surface area contributed by atoms with Gasteiger partial charge in [0, 0.05) is 37.3 Å². The lowest BCUT2D eigenvalue weighted by molar-refractivity contribution is 0.215. The number of hydrogen-bond donors (Lipinski definition) is 0. The molecule has 3 aromatic carbocycles. The van der Waals surface area contributed by atoms with Crippen LogP contribution in [0.5, 0.6) is 5.75 Å². The van der Waals surface area contributed by atoms with Crippen LogP contribution in [0.15, 0.2) is 72.8 Å². The van der Waals surface area contributed by atoms with Gasteiger partial charge in [-0.15, -0.1) is 0 Å². The van der Waals surface area contributed by atoms with E-state index in [9.17, 15) is 0 Å². The fourth-order valence-corrected chi connectivity index (χ4v) is 4.55. The zero-order valence-corrected chi connectivity index (χ0v) is 19.5. The minimum atomic E-state index is 0.116. The third-order valence-electron chi connectivity index (χ3n) is 5.57. The molecule has 31 heavy (non-hydrogen) atoms. The molecule has 162 valence electrons. The molecule has 1 heterocycles. The van der Waals surface area contributed by atoms with Crippen LogP contribution >= 0.6 is 23.2 Å². The van der Waals surface area contributed by atoms with Crippen molar-refractivity contribution >= 4 is 28.9 Å². The first-order chi connectivity index (χ1) is 15.0. The molecule has 1 aliphatic rings. The molecule has 0 saturated carbocycles. The number of nitrogens with zero attached hydrogens (tertiary/aromatic N) is 2. The first-order valence-electron chi connectivity index (χ1n) is 10.7. The second-order valence-electron chi connectivity index (χ2n) is 8.26. The van der Waals surface area contributed by atoms with Gasteiger partial charge in [-0.3, -0.25) is 4.90 Å². The van der Waals surface area contributed by atoms with Crippen LogP contribution in [0.1, 0.15) is 31.0 Å². The molecule has 0 aliphatic carbocycles. The average molecular weight is 455 g/mol. The Morgan fingerprint density at radius 1 is 0.935 bits per heavy atom. The maximum Gasteiger partial charge on any atom is 0.121 e. The molecule has 5 heteroatoms. The summed E-state index contributed by atoms with van der Waals surface area (Å²) in [5.41, 5.74) is 3.61. The van der Waals surface area contributed by atoms with Crippen LogP contribution in [0.3, 0.4) is 0 Å². The van der Waals surface area contributed by atoms with Gasteiger partial charge >= 0.3 is 0 Å². The van der Waals surface area contributed by atoms with E-state index in [1.807, 2.05) is 38.1 Å². The molecule has 0 unspecified atom stereocenters. The van der Waals surface area contributed by atoms with E-state index in [0.717, 1.165) is 42.6 Å². The third kappa shape index (κ3) is 5.54. The Hall–Kier alpha value is -2.20. The summed E-state index contributed by atoms with van der Waals surface area (Å²) in [7, 11) is 0. The van der Waals surface area contributed by atoms with E-state index in [2.05, 4.69) is 58.3 Å². The lowest BCUT2D eigenvalue weighted by Crippen LogP contribution is -2.48. The van der Waals surface area contributed by atoms with Crippen molar-refractivity contribution in [2.24, 2.45) is 0 Å². The third-order valence-corrected chi connectivity index (χ3v) is 6.12. The van der Waals surface area contributed by atoms with Crippen molar-refractivity contribution in [1.29, 1.82) is 0 Å². The summed E-state index contributed by atoms with van der Waals surface area (Å²) < 4.78 is 5.82. The van der Waals surface area contributed by atoms with Gasteiger partial charge in [-0.1, -0.05) is 65.7 Å². The molecule has 1 atom stereocenters. The normalized spacial score (nSPS) is 17.2. The lowest BCUT2D eigenvalue weighted by atomic mass is 10.0. The second kappa shape index (κ2) is 9.95. The van der Waals surface area contributed by atoms with Crippen LogP contribution in [0.25, 0.3) is 0 Å². The molecule has 3 nitrogen and oxygen atoms in total. The minimum Gasteiger partial charge on any atom is -0.491 e. The van der Waals surface area contributed by atoms with E-state index >= 15 is 0 Å². The van der Waals surface area contributed by atoms with Crippen LogP contribution in [0, 0.1) is 0 Å². The SMILES string of the molecule is CC(C)Oc1ccc(N2CCN(Cc3ccccc3)C[C@H]2c2ccc(Cl)cc2)c(Cl)c1. The summed E-state index contributed by atoms with van der Waals surface area (Å²) in [6.07, 6.45) is 0.116. The number of ether oxygens (including phenoxy) is 1. The molecule has 0 amide bonds. The molecule has 0 bridgehead atoms. The Morgan fingerprint density at radius 2 is 1.68 bits per heavy atom. The summed E-state index contributed by atoms with van der Waals surface area (Å²) in [5.74, 6) is 0.800. The molecular weight excluding hydrogens is 427 g/mol. The van der Waals surface area contributed by atoms with Gasteiger partial charge in [-0.25, -0.2) is 0 Å². The smallest absolute Gasteiger partial charge is 0.121 e. The molecule has 0 N–H and O–H groups in total. The number of halogens is 2. The zero-order valence-electron chi connectivity index (χ0n) is 18.0. The first kappa shape index (κ1) is 22.0. The zero-order chi connectivity index (χ0) is 21.8. The number of piperazine rings is 1. The van der Waals surface area contributed by atoms with E-state index in [0.29, 0.717) is 5.02 Å². The van der Waals surface area contributed by atoms with Crippen molar-refractivity contribution < 1.29 is 4.74 Å². The van der Waals surface area contributed by atoms with E-state index < -0.39 is 0 Å². The van der Waals surface area contributed by atoms with Crippen LogP contribution in [-0.4, -0.2) is 30.6 Å². The van der Waals surface area contributed by atoms with Gasteiger partial charge in [0.05, 0.1) is 22.9 Å². The van der Waals surface area contributed by atoms with Gasteiger partial charge in [-0.2, -0.15) is 0 Å². The van der Waals surface area contributed by atoms with Crippen molar-refractivity contribution in [3.63, 3.8) is 0 Å². The Balaban J connectivity index is 1.61. The number of rotatable bonds is 6. The topological polar surface area (TPSA) is 15.7 Å². The second-order valence-corrected chi connectivity index (χ2v) is 9.10. The Kier molecular flexibility index (Phi) is 7.06. The van der Waals surface area contributed by atoms with Crippen molar-refractivity contribution in [2.45, 2.75) is 32.5 Å². The van der Waals surface area contributed by atoms with Crippen LogP contribution in [0.4, 0.5) is 5.69 Å². The van der Waals surface area contributed by atoms with Crippen LogP contribution < -0.4 is 9.64 Å². The van der Waals surface area contributed by atoms with Crippen LogP contribution in [0.2, 0.25) is 10.0 Å². The summed E-state index contributed by atoms with van der Waals surface area (Å²) >= 11 is 12.9. The molecule has 3 aromatic rings. The molecule has 0 radical (unpaired) electrons. The molecule has 0 aromatic heterocycles. The standard InChI is InChI=1S/C26H28Cl2N2O/c1-19(2)31-23-12-13-25(24(28)16-23)30-15-14-29(17-20-6-4-3-5-7-20)18-26(30)21-8-10-22(27)11-9-21/h3-13,16,19,26H,14-15,17-18H2,1-2H3/t26-/m0/s1. The highest BCUT2D eigenvalue weighted by Crippen LogP contribution is 2.37. The fraction of sp³-hybridized carbons (Fsp3) is 0.308. The maximum atomic E-state index is 6.73. The highest BCUT2D eigenvalue weighted by molar-refractivity contribution is 6.33. The average Bonchev–Trinajstić information content (AvgIpc) is 2.75. The maximum absolute atomic E-state index is 6.73. The van der Waals surface area contributed by atoms with Crippen molar-refractivity contribution in [1.82, 2.24) is 4.90 Å². The lowest BCUT2D eigenvalue weighted by Gasteiger charge is -2.43. The van der Waals surface area contributed by atoms with Gasteiger partial charge < -0.3 is 9.64 Å². The van der Waals surface area contributed by atoms with Gasteiger partial charge in [0.15, 0.2) is 0 Å². The molecule has 1 fully saturated rings. The number of benzene rings is 3. The molecule has 4 rings (SSSR count). The predicted octanol–water partition coefficient (Wildman–Crippen LogP) is 6.84. The quantitative estimate of drug-likeness (QED) is 0.405. The van der Waals surface area contributed by atoms with Gasteiger partial charge in [0.2, 0.25) is 0 Å². The van der Waals surface area contributed by atoms with Gasteiger partial charge in [0.25, 0.3) is 0 Å². The van der Waals surface area contributed by atoms with E-state index in [1.54, 1.807) is 0 Å². The predicted molar refractivity (Wildman–Crippen MR) is 130 cm³/mol. The monoisotopic (exact) mass is 454 g/mol. The van der Waals surface area contributed by atoms with E-state index in [4.69, 9.17) is 27.9 Å². The molecular formula is C26H28Cl2N2O. The Labute approximate surface area is 195 Å². The summed E-state index contributed by atoms with van der Waals surface area (Å²) in [4.78, 5) is 4.92. The summed E-state index contributed by atoms with van der Waals surface area (Å²) in [6, 6.07) is 25.0. The Morgan fingerprint density at radius 3 is 2.35 bits per heavy atom. The minimum absolute atomic E-state index is 0.116. The fourth-order valence-electron chi connectivity index (χ4n) is 4.15. The van der Waals surface area contributed by atoms with Crippen molar-refractivity contribution in [3.05, 3.63) is 94.0 Å². The van der Waals surface area contributed by atoms with E-state index in [-0.39, 0.29) is 12.1 Å². The van der Waals surface area contributed by atoms with Gasteiger partial charge in [-0.05, 0) is 49.2 Å². The highest BCUT2D eigenvalue weighted by atomic mass is 35.5. The van der Waals surface area contributed by atoms with Gasteiger partial charge in [0.1, 0.15) is 5.75 Å². The number of hydrogen-bond acceptors (Lipinski definition) is 3. The molecule has 1 saturated heterocycles. The summed E-state index contributed by atoms with van der Waals surface area (Å²) in [5, 5.41) is 1.47. The molecule has 0 spiro atoms. The number of anilines is 1. The van der Waals surface area contributed by atoms with E-state index in [1.165, 1.54) is 11.1 Å². The largest absolute Gasteiger partial charge is 0.491 e. The van der Waals surface area contributed by atoms with Crippen LogP contribution in [-0.2, 0) is 6.54 Å². The van der Waals surface area contributed by atoms with Crippen molar-refractivity contribution in [2.75, 3.05) is 24.5 Å². The van der Waals surface area contributed by atoms with Crippen molar-refractivity contribution in [3.8, 4) is 5.75 Å². The highest BCUT2D eigenvalue weighted by Gasteiger charge is 2.30. The Bertz CT molecular complexity index is 992. The first-order valence-corrected chi connectivity index (χ1v) is 11.5. The molecule has 1 aliphatic heterocycles. The summed E-state index contributed by atoms with van der Waals surface area (Å²) in [6.45, 7) is 7.75.